The van der Waals surface area contributed by atoms with Crippen molar-refractivity contribution in [3.8, 4) is 0 Å². The van der Waals surface area contributed by atoms with Gasteiger partial charge in [-0.25, -0.2) is 0 Å². The van der Waals surface area contributed by atoms with Crippen LogP contribution in [0.1, 0.15) is 50.7 Å². The second-order valence-electron chi connectivity index (χ2n) is 7.19. The van der Waals surface area contributed by atoms with E-state index in [1.165, 1.54) is 6.07 Å². The predicted octanol–water partition coefficient (Wildman–Crippen LogP) is 4.67. The Morgan fingerprint density at radius 2 is 2.11 bits per heavy atom. The molecule has 0 spiro atoms. The van der Waals surface area contributed by atoms with Crippen molar-refractivity contribution in [3.63, 3.8) is 0 Å². The lowest BCUT2D eigenvalue weighted by molar-refractivity contribution is -0.137. The molecule has 0 aliphatic carbocycles. The van der Waals surface area contributed by atoms with Crippen molar-refractivity contribution < 1.29 is 22.8 Å². The first-order valence-corrected chi connectivity index (χ1v) is 9.26. The van der Waals surface area contributed by atoms with Crippen LogP contribution in [-0.4, -0.2) is 23.9 Å². The van der Waals surface area contributed by atoms with Gasteiger partial charge in [0.15, 0.2) is 0 Å². The molecular formula is C20H27F3N2O2. The van der Waals surface area contributed by atoms with E-state index in [4.69, 9.17) is 4.84 Å². The summed E-state index contributed by atoms with van der Waals surface area (Å²) in [6.45, 7) is 5.46. The van der Waals surface area contributed by atoms with Crippen LogP contribution in [0.4, 0.5) is 13.2 Å². The Morgan fingerprint density at radius 3 is 2.74 bits per heavy atom. The zero-order valence-electron chi connectivity index (χ0n) is 15.8. The molecule has 0 fully saturated rings. The van der Waals surface area contributed by atoms with E-state index in [0.717, 1.165) is 30.7 Å². The Bertz CT molecular complexity index is 657. The number of alkyl halides is 3. The van der Waals surface area contributed by atoms with Gasteiger partial charge >= 0.3 is 6.18 Å². The molecule has 1 aliphatic heterocycles. The number of benzene rings is 1. The van der Waals surface area contributed by atoms with Crippen LogP contribution < -0.4 is 5.48 Å². The van der Waals surface area contributed by atoms with E-state index in [9.17, 15) is 18.0 Å². The maximum Gasteiger partial charge on any atom is 0.416 e. The standard InChI is InChI=1S/C20H27F3N2O2/c1-15(2)5-3-8-19(26)25-11-9-18(10-12-25)24-27-14-16-6-4-7-17(13-16)20(21,22)23/h4,6-7,9,13,15,24H,3,5,8,10-12,14H2,1-2H3. The molecule has 1 aromatic carbocycles. The highest BCUT2D eigenvalue weighted by atomic mass is 19.4. The summed E-state index contributed by atoms with van der Waals surface area (Å²) in [6.07, 6.45) is 0.684. The maximum absolute atomic E-state index is 12.7. The van der Waals surface area contributed by atoms with Crippen molar-refractivity contribution in [2.75, 3.05) is 13.1 Å². The highest BCUT2D eigenvalue weighted by molar-refractivity contribution is 5.76. The van der Waals surface area contributed by atoms with Gasteiger partial charge in [0.25, 0.3) is 0 Å². The molecule has 150 valence electrons. The summed E-state index contributed by atoms with van der Waals surface area (Å²) in [5.74, 6) is 0.764. The minimum Gasteiger partial charge on any atom is -0.339 e. The van der Waals surface area contributed by atoms with Crippen LogP contribution in [0.5, 0.6) is 0 Å². The molecule has 0 saturated carbocycles. The summed E-state index contributed by atoms with van der Waals surface area (Å²) in [4.78, 5) is 19.3. The Balaban J connectivity index is 1.74. The predicted molar refractivity (Wildman–Crippen MR) is 97.3 cm³/mol. The Labute approximate surface area is 158 Å². The van der Waals surface area contributed by atoms with Gasteiger partial charge in [0, 0.05) is 31.6 Å². The molecule has 2 rings (SSSR count). The number of carbonyl (C=O) groups excluding carboxylic acids is 1. The highest BCUT2D eigenvalue weighted by Crippen LogP contribution is 2.29. The smallest absolute Gasteiger partial charge is 0.339 e. The summed E-state index contributed by atoms with van der Waals surface area (Å²) >= 11 is 0. The molecule has 1 heterocycles. The van der Waals surface area contributed by atoms with Crippen LogP contribution in [-0.2, 0) is 22.4 Å². The van der Waals surface area contributed by atoms with Crippen molar-refractivity contribution in [3.05, 3.63) is 47.2 Å². The number of carbonyl (C=O) groups is 1. The first-order chi connectivity index (χ1) is 12.8. The molecule has 1 aromatic rings. The number of hydrogen-bond donors (Lipinski definition) is 1. The van der Waals surface area contributed by atoms with E-state index < -0.39 is 11.7 Å². The third-order valence-corrected chi connectivity index (χ3v) is 4.43. The molecule has 0 aromatic heterocycles. The number of amides is 1. The first-order valence-electron chi connectivity index (χ1n) is 9.26. The fourth-order valence-corrected chi connectivity index (χ4v) is 2.86. The van der Waals surface area contributed by atoms with Crippen molar-refractivity contribution in [2.24, 2.45) is 5.92 Å². The minimum absolute atomic E-state index is 0.0269. The van der Waals surface area contributed by atoms with Gasteiger partial charge in [0.2, 0.25) is 5.91 Å². The average Bonchev–Trinajstić information content (AvgIpc) is 2.61. The lowest BCUT2D eigenvalue weighted by atomic mass is 10.1. The van der Waals surface area contributed by atoms with Gasteiger partial charge in [-0.15, -0.1) is 0 Å². The van der Waals surface area contributed by atoms with E-state index in [0.29, 0.717) is 37.4 Å². The minimum atomic E-state index is -4.36. The van der Waals surface area contributed by atoms with Crippen LogP contribution in [0, 0.1) is 5.92 Å². The van der Waals surface area contributed by atoms with Gasteiger partial charge in [-0.2, -0.15) is 13.2 Å². The van der Waals surface area contributed by atoms with Gasteiger partial charge in [-0.3, -0.25) is 15.1 Å². The lowest BCUT2D eigenvalue weighted by Gasteiger charge is -2.27. The quantitative estimate of drug-likeness (QED) is 0.663. The second-order valence-corrected chi connectivity index (χ2v) is 7.19. The maximum atomic E-state index is 12.7. The van der Waals surface area contributed by atoms with Crippen molar-refractivity contribution in [2.45, 2.75) is 52.3 Å². The number of rotatable bonds is 8. The summed E-state index contributed by atoms with van der Waals surface area (Å²) in [5, 5.41) is 0. The molecule has 1 N–H and O–H groups in total. The third kappa shape index (κ3) is 7.25. The zero-order chi connectivity index (χ0) is 19.9. The summed E-state index contributed by atoms with van der Waals surface area (Å²) in [7, 11) is 0. The van der Waals surface area contributed by atoms with E-state index in [1.807, 2.05) is 11.0 Å². The van der Waals surface area contributed by atoms with Crippen molar-refractivity contribution in [1.82, 2.24) is 10.4 Å². The van der Waals surface area contributed by atoms with Crippen molar-refractivity contribution >= 4 is 5.91 Å². The fourth-order valence-electron chi connectivity index (χ4n) is 2.86. The molecule has 27 heavy (non-hydrogen) atoms. The van der Waals surface area contributed by atoms with Gasteiger partial charge in [0.05, 0.1) is 12.2 Å². The number of nitrogens with one attached hydrogen (secondary N) is 1. The summed E-state index contributed by atoms with van der Waals surface area (Å²) in [5.41, 5.74) is 3.38. The highest BCUT2D eigenvalue weighted by Gasteiger charge is 2.30. The normalized spacial score (nSPS) is 15.0. The monoisotopic (exact) mass is 384 g/mol. The molecule has 0 radical (unpaired) electrons. The molecular weight excluding hydrogens is 357 g/mol. The molecule has 4 nitrogen and oxygen atoms in total. The summed E-state index contributed by atoms with van der Waals surface area (Å²) < 4.78 is 38.1. The fraction of sp³-hybridized carbons (Fsp3) is 0.550. The zero-order valence-corrected chi connectivity index (χ0v) is 15.8. The van der Waals surface area contributed by atoms with Crippen molar-refractivity contribution in [1.29, 1.82) is 0 Å². The SMILES string of the molecule is CC(C)CCCC(=O)N1CC=C(NOCc2cccc(C(F)(F)F)c2)CC1. The molecule has 1 amide bonds. The topological polar surface area (TPSA) is 41.6 Å². The number of hydroxylamine groups is 1. The molecule has 0 atom stereocenters. The molecule has 0 bridgehead atoms. The Morgan fingerprint density at radius 1 is 1.33 bits per heavy atom. The van der Waals surface area contributed by atoms with E-state index in [2.05, 4.69) is 19.3 Å². The molecule has 7 heteroatoms. The first kappa shape index (κ1) is 21.3. The van der Waals surface area contributed by atoms with E-state index in [1.54, 1.807) is 6.07 Å². The van der Waals surface area contributed by atoms with E-state index >= 15 is 0 Å². The number of hydrogen-bond acceptors (Lipinski definition) is 3. The van der Waals surface area contributed by atoms with Gasteiger partial charge in [0.1, 0.15) is 0 Å². The largest absolute Gasteiger partial charge is 0.416 e. The van der Waals surface area contributed by atoms with Gasteiger partial charge < -0.3 is 4.90 Å². The van der Waals surface area contributed by atoms with E-state index in [-0.39, 0.29) is 12.5 Å². The lowest BCUT2D eigenvalue weighted by Crippen LogP contribution is -2.36. The van der Waals surface area contributed by atoms with Crippen LogP contribution in [0.3, 0.4) is 0 Å². The Kier molecular flexibility index (Phi) is 7.71. The number of halogens is 3. The van der Waals surface area contributed by atoms with Crippen LogP contribution in [0.25, 0.3) is 0 Å². The van der Waals surface area contributed by atoms with Gasteiger partial charge in [-0.05, 0) is 36.1 Å². The number of nitrogens with zero attached hydrogens (tertiary/aromatic N) is 1. The average molecular weight is 384 g/mol. The molecule has 1 aliphatic rings. The van der Waals surface area contributed by atoms with Crippen LogP contribution in [0.2, 0.25) is 0 Å². The third-order valence-electron chi connectivity index (χ3n) is 4.43. The van der Waals surface area contributed by atoms with Crippen LogP contribution in [0.15, 0.2) is 36.0 Å². The van der Waals surface area contributed by atoms with Crippen LogP contribution >= 0.6 is 0 Å². The second kappa shape index (κ2) is 9.78. The Hall–Kier alpha value is -2.02. The van der Waals surface area contributed by atoms with Gasteiger partial charge in [-0.1, -0.05) is 32.4 Å². The molecule has 0 unspecified atom stereocenters. The summed E-state index contributed by atoms with van der Waals surface area (Å²) in [6, 6.07) is 5.07. The molecule has 0 saturated heterocycles.